The fraction of sp³-hybridized carbons (Fsp3) is 0.556. The lowest BCUT2D eigenvalue weighted by molar-refractivity contribution is -0.139. The first-order valence-electron chi connectivity index (χ1n) is 8.50. The Balaban J connectivity index is 1.45. The Labute approximate surface area is 145 Å². The van der Waals surface area contributed by atoms with Gasteiger partial charge in [0.15, 0.2) is 0 Å². The van der Waals surface area contributed by atoms with Gasteiger partial charge in [-0.3, -0.25) is 13.8 Å². The number of rotatable bonds is 5. The number of hydrogen-bond acceptors (Lipinski definition) is 3. The largest absolute Gasteiger partial charge is 0.339 e. The molecule has 1 aromatic rings. The third kappa shape index (κ3) is 4.44. The van der Waals surface area contributed by atoms with Crippen LogP contribution < -0.4 is 0 Å². The van der Waals surface area contributed by atoms with Gasteiger partial charge in [-0.05, 0) is 25.3 Å². The van der Waals surface area contributed by atoms with Crippen LogP contribution in [0.2, 0.25) is 0 Å². The van der Waals surface area contributed by atoms with Crippen LogP contribution in [0.15, 0.2) is 24.3 Å². The number of hydrogen-bond donors (Lipinski definition) is 0. The van der Waals surface area contributed by atoms with Crippen molar-refractivity contribution in [2.24, 2.45) is 5.92 Å². The summed E-state index contributed by atoms with van der Waals surface area (Å²) in [5.74, 6) is 0.872. The predicted molar refractivity (Wildman–Crippen MR) is 93.8 cm³/mol. The van der Waals surface area contributed by atoms with Crippen molar-refractivity contribution in [1.29, 1.82) is 0 Å². The summed E-state index contributed by atoms with van der Waals surface area (Å²) in [6.07, 6.45) is 2.02. The lowest BCUT2D eigenvalue weighted by Gasteiger charge is -2.34. The highest BCUT2D eigenvalue weighted by molar-refractivity contribution is 7.84. The Kier molecular flexibility index (Phi) is 5.33. The third-order valence-corrected chi connectivity index (χ3v) is 5.79. The summed E-state index contributed by atoms with van der Waals surface area (Å²) in [5.41, 5.74) is 2.13. The minimum atomic E-state index is -1.20. The number of carbonyl (C=O) groups is 2. The highest BCUT2D eigenvalue weighted by Crippen LogP contribution is 2.31. The van der Waals surface area contributed by atoms with Crippen molar-refractivity contribution in [3.05, 3.63) is 35.4 Å². The molecule has 1 saturated heterocycles. The van der Waals surface area contributed by atoms with Crippen LogP contribution in [-0.2, 0) is 26.1 Å². The van der Waals surface area contributed by atoms with Gasteiger partial charge in [-0.25, -0.2) is 0 Å². The van der Waals surface area contributed by atoms with Crippen molar-refractivity contribution >= 4 is 22.6 Å². The van der Waals surface area contributed by atoms with Crippen LogP contribution in [0.5, 0.6) is 0 Å². The molecule has 2 fully saturated rings. The summed E-state index contributed by atoms with van der Waals surface area (Å²) in [7, 11) is -1.20. The van der Waals surface area contributed by atoms with Gasteiger partial charge in [-0.15, -0.1) is 0 Å². The minimum absolute atomic E-state index is 0.0600. The number of piperazine rings is 1. The van der Waals surface area contributed by atoms with E-state index in [4.69, 9.17) is 0 Å². The summed E-state index contributed by atoms with van der Waals surface area (Å²) in [6, 6.07) is 7.89. The van der Waals surface area contributed by atoms with Crippen molar-refractivity contribution in [2.75, 3.05) is 31.9 Å². The van der Waals surface area contributed by atoms with Crippen LogP contribution in [0.1, 0.15) is 24.0 Å². The monoisotopic (exact) mass is 348 g/mol. The first-order chi connectivity index (χ1) is 11.5. The van der Waals surface area contributed by atoms with Gasteiger partial charge in [0.25, 0.3) is 0 Å². The van der Waals surface area contributed by atoms with Gasteiger partial charge in [0.1, 0.15) is 5.75 Å². The van der Waals surface area contributed by atoms with Gasteiger partial charge in [0.2, 0.25) is 11.8 Å². The minimum Gasteiger partial charge on any atom is -0.339 e. The normalized spacial score (nSPS) is 19.2. The zero-order chi connectivity index (χ0) is 17.1. The van der Waals surface area contributed by atoms with Crippen molar-refractivity contribution in [1.82, 2.24) is 9.80 Å². The van der Waals surface area contributed by atoms with E-state index in [2.05, 4.69) is 0 Å². The molecule has 1 heterocycles. The number of benzene rings is 1. The van der Waals surface area contributed by atoms with Crippen molar-refractivity contribution in [3.8, 4) is 0 Å². The van der Waals surface area contributed by atoms with E-state index in [0.29, 0.717) is 31.9 Å². The Hall–Kier alpha value is -1.69. The quantitative estimate of drug-likeness (QED) is 0.806. The molecule has 0 spiro atoms. The van der Waals surface area contributed by atoms with Gasteiger partial charge in [-0.1, -0.05) is 29.8 Å². The molecule has 0 radical (unpaired) electrons. The number of amides is 2. The second-order valence-electron chi connectivity index (χ2n) is 6.70. The molecule has 5 nitrogen and oxygen atoms in total. The zero-order valence-electron chi connectivity index (χ0n) is 14.1. The molecule has 2 aliphatic rings. The second kappa shape index (κ2) is 7.47. The van der Waals surface area contributed by atoms with Gasteiger partial charge in [0.05, 0.1) is 0 Å². The molecule has 0 bridgehead atoms. The SMILES string of the molecule is Cc1cccc(C[S@@](=O)CC(=O)N2CCN(C(=O)C3CC3)CC2)c1. The first kappa shape index (κ1) is 17.1. The van der Waals surface area contributed by atoms with Crippen molar-refractivity contribution < 1.29 is 13.8 Å². The van der Waals surface area contributed by atoms with E-state index in [1.54, 1.807) is 4.90 Å². The number of carbonyl (C=O) groups excluding carboxylic acids is 2. The highest BCUT2D eigenvalue weighted by Gasteiger charge is 2.35. The topological polar surface area (TPSA) is 57.7 Å². The Morgan fingerprint density at radius 2 is 1.79 bits per heavy atom. The van der Waals surface area contributed by atoms with Crippen LogP contribution >= 0.6 is 0 Å². The van der Waals surface area contributed by atoms with E-state index in [-0.39, 0.29) is 23.5 Å². The molecule has 130 valence electrons. The maximum absolute atomic E-state index is 12.3. The van der Waals surface area contributed by atoms with E-state index >= 15 is 0 Å². The van der Waals surface area contributed by atoms with Crippen LogP contribution in [-0.4, -0.2) is 57.8 Å². The summed E-state index contributed by atoms with van der Waals surface area (Å²) in [6.45, 7) is 4.31. The molecule has 2 amide bonds. The zero-order valence-corrected chi connectivity index (χ0v) is 14.9. The summed E-state index contributed by atoms with van der Waals surface area (Å²) in [4.78, 5) is 27.9. The molecule has 0 N–H and O–H groups in total. The van der Waals surface area contributed by atoms with Crippen LogP contribution in [0.25, 0.3) is 0 Å². The molecule has 1 aromatic carbocycles. The van der Waals surface area contributed by atoms with Gasteiger partial charge in [-0.2, -0.15) is 0 Å². The Morgan fingerprint density at radius 3 is 2.42 bits per heavy atom. The predicted octanol–water partition coefficient (Wildman–Crippen LogP) is 1.32. The maximum Gasteiger partial charge on any atom is 0.235 e. The second-order valence-corrected chi connectivity index (χ2v) is 8.15. The number of aryl methyl sites for hydroxylation is 1. The number of nitrogens with zero attached hydrogens (tertiary/aromatic N) is 2. The molecule has 1 atom stereocenters. The smallest absolute Gasteiger partial charge is 0.235 e. The van der Waals surface area contributed by atoms with E-state index < -0.39 is 10.8 Å². The molecule has 0 unspecified atom stereocenters. The highest BCUT2D eigenvalue weighted by atomic mass is 32.2. The fourth-order valence-electron chi connectivity index (χ4n) is 3.03. The van der Waals surface area contributed by atoms with Gasteiger partial charge < -0.3 is 9.80 Å². The molecule has 3 rings (SSSR count). The molecular weight excluding hydrogens is 324 g/mol. The van der Waals surface area contributed by atoms with Crippen molar-refractivity contribution in [3.63, 3.8) is 0 Å². The first-order valence-corrected chi connectivity index (χ1v) is 9.99. The molecule has 6 heteroatoms. The average Bonchev–Trinajstić information content (AvgIpc) is 3.39. The van der Waals surface area contributed by atoms with E-state index in [0.717, 1.165) is 24.0 Å². The molecule has 1 saturated carbocycles. The molecular formula is C18H24N2O3S. The third-order valence-electron chi connectivity index (χ3n) is 4.57. The van der Waals surface area contributed by atoms with Crippen LogP contribution in [0.3, 0.4) is 0 Å². The van der Waals surface area contributed by atoms with Crippen molar-refractivity contribution in [2.45, 2.75) is 25.5 Å². The average molecular weight is 348 g/mol. The van der Waals surface area contributed by atoms with Crippen LogP contribution in [0.4, 0.5) is 0 Å². The van der Waals surface area contributed by atoms with Gasteiger partial charge >= 0.3 is 0 Å². The van der Waals surface area contributed by atoms with E-state index in [1.807, 2.05) is 36.1 Å². The standard InChI is InChI=1S/C18H24N2O3S/c1-14-3-2-4-15(11-14)12-24(23)13-17(21)19-7-9-20(10-8-19)18(22)16-5-6-16/h2-4,11,16H,5-10,12-13H2,1H3/t24-/m1/s1. The molecule has 24 heavy (non-hydrogen) atoms. The van der Waals surface area contributed by atoms with E-state index in [9.17, 15) is 13.8 Å². The summed E-state index contributed by atoms with van der Waals surface area (Å²) in [5, 5.41) is 0. The Morgan fingerprint density at radius 1 is 1.12 bits per heavy atom. The molecule has 1 aliphatic carbocycles. The summed E-state index contributed by atoms with van der Waals surface area (Å²) >= 11 is 0. The molecule has 0 aromatic heterocycles. The van der Waals surface area contributed by atoms with E-state index in [1.165, 1.54) is 0 Å². The lowest BCUT2D eigenvalue weighted by Crippen LogP contribution is -2.51. The maximum atomic E-state index is 12.3. The van der Waals surface area contributed by atoms with Crippen LogP contribution in [0, 0.1) is 12.8 Å². The Bertz CT molecular complexity index is 649. The van der Waals surface area contributed by atoms with Gasteiger partial charge in [0, 0.05) is 48.6 Å². The summed E-state index contributed by atoms with van der Waals surface area (Å²) < 4.78 is 12.2. The lowest BCUT2D eigenvalue weighted by atomic mass is 10.2. The molecule has 1 aliphatic heterocycles. The fourth-order valence-corrected chi connectivity index (χ4v) is 4.14.